The topological polar surface area (TPSA) is 0 Å². The van der Waals surface area contributed by atoms with Crippen molar-refractivity contribution < 1.29 is 0 Å². The van der Waals surface area contributed by atoms with Gasteiger partial charge in [0.05, 0.1) is 10.0 Å². The molecular weight excluding hydrogens is 358 g/mol. The minimum atomic E-state index is 0.398. The molecule has 1 unspecified atom stereocenters. The Balaban J connectivity index is 2.00. The van der Waals surface area contributed by atoms with Gasteiger partial charge in [0.15, 0.2) is 0 Å². The average Bonchev–Trinajstić information content (AvgIpc) is 2.50. The van der Waals surface area contributed by atoms with E-state index in [2.05, 4.69) is 19.1 Å². The Morgan fingerprint density at radius 2 is 1.50 bits per heavy atom. The predicted octanol–water partition coefficient (Wildman–Crippen LogP) is 7.82. The molecule has 0 saturated heterocycles. The molecule has 4 heteroatoms. The van der Waals surface area contributed by atoms with Crippen molar-refractivity contribution in [3.05, 3.63) is 67.6 Å². The van der Waals surface area contributed by atoms with E-state index >= 15 is 0 Å². The van der Waals surface area contributed by atoms with E-state index in [-0.39, 0.29) is 0 Å². The number of hydrogen-bond acceptors (Lipinski definition) is 0. The van der Waals surface area contributed by atoms with Gasteiger partial charge in [-0.2, -0.15) is 0 Å². The SMILES string of the molecule is CCC(CCCc1ccc(Cl)cc1)c1cc(Cl)c(Cl)cc1Cl. The van der Waals surface area contributed by atoms with Crippen LogP contribution in [0, 0.1) is 0 Å². The first kappa shape index (κ1) is 17.9. The van der Waals surface area contributed by atoms with Gasteiger partial charge in [-0.1, -0.05) is 65.5 Å². The molecule has 2 aromatic rings. The monoisotopic (exact) mass is 374 g/mol. The van der Waals surface area contributed by atoms with Crippen molar-refractivity contribution in [3.63, 3.8) is 0 Å². The highest BCUT2D eigenvalue weighted by molar-refractivity contribution is 6.43. The van der Waals surface area contributed by atoms with Crippen LogP contribution in [0.3, 0.4) is 0 Å². The lowest BCUT2D eigenvalue weighted by atomic mass is 9.90. The zero-order valence-electron chi connectivity index (χ0n) is 12.4. The number of aryl methyl sites for hydroxylation is 1. The van der Waals surface area contributed by atoms with Crippen molar-refractivity contribution in [1.82, 2.24) is 0 Å². The van der Waals surface area contributed by atoms with Crippen LogP contribution in [-0.2, 0) is 6.42 Å². The zero-order valence-corrected chi connectivity index (χ0v) is 15.4. The lowest BCUT2D eigenvalue weighted by Gasteiger charge is -2.18. The van der Waals surface area contributed by atoms with E-state index in [4.69, 9.17) is 46.4 Å². The molecule has 22 heavy (non-hydrogen) atoms. The third-order valence-corrected chi connectivity index (χ3v) is 5.20. The molecule has 0 aliphatic rings. The van der Waals surface area contributed by atoms with Gasteiger partial charge in [0, 0.05) is 10.0 Å². The highest BCUT2D eigenvalue weighted by Crippen LogP contribution is 2.36. The Bertz CT molecular complexity index is 620. The molecule has 0 heterocycles. The summed E-state index contributed by atoms with van der Waals surface area (Å²) >= 11 is 24.4. The fourth-order valence-electron chi connectivity index (χ4n) is 2.63. The molecule has 0 N–H and O–H groups in total. The minimum Gasteiger partial charge on any atom is -0.0843 e. The first-order valence-electron chi connectivity index (χ1n) is 7.40. The Kier molecular flexibility index (Phi) is 6.89. The molecule has 0 fully saturated rings. The van der Waals surface area contributed by atoms with Crippen molar-refractivity contribution in [2.75, 3.05) is 0 Å². The Morgan fingerprint density at radius 1 is 0.864 bits per heavy atom. The molecule has 2 aromatic carbocycles. The van der Waals surface area contributed by atoms with Crippen LogP contribution in [0.2, 0.25) is 20.1 Å². The Morgan fingerprint density at radius 3 is 2.14 bits per heavy atom. The Labute approximate surface area is 152 Å². The summed E-state index contributed by atoms with van der Waals surface area (Å²) in [6.07, 6.45) is 4.22. The second-order valence-electron chi connectivity index (χ2n) is 5.41. The third kappa shape index (κ3) is 4.80. The molecule has 0 aliphatic heterocycles. The van der Waals surface area contributed by atoms with Crippen LogP contribution in [0.15, 0.2) is 36.4 Å². The first-order valence-corrected chi connectivity index (χ1v) is 8.91. The first-order chi connectivity index (χ1) is 10.5. The predicted molar refractivity (Wildman–Crippen MR) is 98.9 cm³/mol. The van der Waals surface area contributed by atoms with E-state index in [1.54, 1.807) is 6.07 Å². The second kappa shape index (κ2) is 8.45. The van der Waals surface area contributed by atoms with Crippen LogP contribution < -0.4 is 0 Å². The van der Waals surface area contributed by atoms with E-state index in [9.17, 15) is 0 Å². The summed E-state index contributed by atoms with van der Waals surface area (Å²) in [7, 11) is 0. The standard InChI is InChI=1S/C18H18Cl4/c1-2-13(15-10-17(21)18(22)11-16(15)20)5-3-4-12-6-8-14(19)9-7-12/h6-11,13H,2-5H2,1H3. The number of hydrogen-bond donors (Lipinski definition) is 0. The lowest BCUT2D eigenvalue weighted by Crippen LogP contribution is -2.00. The summed E-state index contributed by atoms with van der Waals surface area (Å²) in [4.78, 5) is 0. The molecule has 0 spiro atoms. The van der Waals surface area contributed by atoms with Gasteiger partial charge < -0.3 is 0 Å². The summed E-state index contributed by atoms with van der Waals surface area (Å²) < 4.78 is 0. The van der Waals surface area contributed by atoms with E-state index in [1.165, 1.54) is 5.56 Å². The molecule has 2 rings (SSSR count). The molecule has 1 atom stereocenters. The van der Waals surface area contributed by atoms with Gasteiger partial charge in [0.1, 0.15) is 0 Å². The molecule has 118 valence electrons. The van der Waals surface area contributed by atoms with E-state index in [1.807, 2.05) is 18.2 Å². The average molecular weight is 376 g/mol. The van der Waals surface area contributed by atoms with Crippen molar-refractivity contribution in [1.29, 1.82) is 0 Å². The van der Waals surface area contributed by atoms with Gasteiger partial charge in [-0.25, -0.2) is 0 Å². The fourth-order valence-corrected chi connectivity index (χ4v) is 3.47. The van der Waals surface area contributed by atoms with Crippen LogP contribution in [0.1, 0.15) is 43.2 Å². The maximum absolute atomic E-state index is 6.33. The summed E-state index contributed by atoms with van der Waals surface area (Å²) in [6.45, 7) is 2.17. The maximum Gasteiger partial charge on any atom is 0.0607 e. The van der Waals surface area contributed by atoms with Crippen molar-refractivity contribution in [3.8, 4) is 0 Å². The van der Waals surface area contributed by atoms with Gasteiger partial charge in [0.25, 0.3) is 0 Å². The molecule has 0 bridgehead atoms. The van der Waals surface area contributed by atoms with Crippen molar-refractivity contribution in [2.24, 2.45) is 0 Å². The molecule has 0 aliphatic carbocycles. The zero-order chi connectivity index (χ0) is 16.1. The molecule has 0 nitrogen and oxygen atoms in total. The van der Waals surface area contributed by atoms with E-state index in [0.717, 1.165) is 36.3 Å². The molecular formula is C18H18Cl4. The lowest BCUT2D eigenvalue weighted by molar-refractivity contribution is 0.576. The highest BCUT2D eigenvalue weighted by Gasteiger charge is 2.15. The van der Waals surface area contributed by atoms with Gasteiger partial charge in [-0.3, -0.25) is 0 Å². The molecule has 0 saturated carbocycles. The van der Waals surface area contributed by atoms with Crippen LogP contribution in [-0.4, -0.2) is 0 Å². The van der Waals surface area contributed by atoms with Crippen LogP contribution >= 0.6 is 46.4 Å². The quantitative estimate of drug-likeness (QED) is 0.451. The summed E-state index contributed by atoms with van der Waals surface area (Å²) in [5, 5.41) is 2.55. The van der Waals surface area contributed by atoms with Crippen molar-refractivity contribution >= 4 is 46.4 Å². The van der Waals surface area contributed by atoms with Gasteiger partial charge in [0.2, 0.25) is 0 Å². The van der Waals surface area contributed by atoms with Gasteiger partial charge >= 0.3 is 0 Å². The van der Waals surface area contributed by atoms with Crippen LogP contribution in [0.5, 0.6) is 0 Å². The largest absolute Gasteiger partial charge is 0.0843 e. The molecule has 0 radical (unpaired) electrons. The number of rotatable bonds is 6. The Hall–Kier alpha value is -0.400. The minimum absolute atomic E-state index is 0.398. The number of halogens is 4. The highest BCUT2D eigenvalue weighted by atomic mass is 35.5. The van der Waals surface area contributed by atoms with E-state index < -0.39 is 0 Å². The van der Waals surface area contributed by atoms with Gasteiger partial charge in [-0.05, 0) is 67.0 Å². The summed E-state index contributed by atoms with van der Waals surface area (Å²) in [6, 6.07) is 11.7. The molecule has 0 aromatic heterocycles. The van der Waals surface area contributed by atoms with Gasteiger partial charge in [-0.15, -0.1) is 0 Å². The normalized spacial score (nSPS) is 12.4. The second-order valence-corrected chi connectivity index (χ2v) is 7.07. The summed E-state index contributed by atoms with van der Waals surface area (Å²) in [5.41, 5.74) is 2.40. The van der Waals surface area contributed by atoms with E-state index in [0.29, 0.717) is 21.0 Å². The van der Waals surface area contributed by atoms with Crippen LogP contribution in [0.4, 0.5) is 0 Å². The summed E-state index contributed by atoms with van der Waals surface area (Å²) in [5.74, 6) is 0.398. The molecule has 0 amide bonds. The maximum atomic E-state index is 6.33. The van der Waals surface area contributed by atoms with Crippen molar-refractivity contribution in [2.45, 2.75) is 38.5 Å². The third-order valence-electron chi connectivity index (χ3n) is 3.90. The number of benzene rings is 2. The fraction of sp³-hybridized carbons (Fsp3) is 0.333. The smallest absolute Gasteiger partial charge is 0.0607 e. The van der Waals surface area contributed by atoms with Crippen LogP contribution in [0.25, 0.3) is 0 Å².